The van der Waals surface area contributed by atoms with E-state index in [9.17, 15) is 14.4 Å². The number of benzene rings is 1. The summed E-state index contributed by atoms with van der Waals surface area (Å²) in [5.74, 6) is -0.693. The molecule has 6 nitrogen and oxygen atoms in total. The van der Waals surface area contributed by atoms with Crippen LogP contribution < -0.4 is 10.6 Å². The molecule has 6 heteroatoms. The van der Waals surface area contributed by atoms with Crippen LogP contribution in [0.3, 0.4) is 0 Å². The van der Waals surface area contributed by atoms with Gasteiger partial charge in [0.25, 0.3) is 11.8 Å². The summed E-state index contributed by atoms with van der Waals surface area (Å²) in [5, 5.41) is 5.10. The zero-order valence-corrected chi connectivity index (χ0v) is 12.0. The van der Waals surface area contributed by atoms with E-state index < -0.39 is 5.91 Å². The van der Waals surface area contributed by atoms with Crippen LogP contribution in [0, 0.1) is 11.8 Å². The van der Waals surface area contributed by atoms with Gasteiger partial charge in [0.2, 0.25) is 0 Å². The maximum Gasteiger partial charge on any atom is 0.309 e. The van der Waals surface area contributed by atoms with Crippen LogP contribution in [0.15, 0.2) is 24.3 Å². The zero-order valence-electron chi connectivity index (χ0n) is 12.0. The summed E-state index contributed by atoms with van der Waals surface area (Å²) in [6.07, 6.45) is 0.828. The number of amides is 2. The van der Waals surface area contributed by atoms with Gasteiger partial charge in [-0.3, -0.25) is 14.4 Å². The van der Waals surface area contributed by atoms with Crippen molar-refractivity contribution in [2.24, 2.45) is 11.8 Å². The highest BCUT2D eigenvalue weighted by atomic mass is 16.5. The average molecular weight is 290 g/mol. The first kappa shape index (κ1) is 15.0. The molecule has 0 aromatic heterocycles. The Morgan fingerprint density at radius 1 is 1.33 bits per heavy atom. The molecule has 1 aliphatic rings. The van der Waals surface area contributed by atoms with Crippen molar-refractivity contribution in [3.8, 4) is 0 Å². The van der Waals surface area contributed by atoms with Crippen molar-refractivity contribution in [1.29, 1.82) is 0 Å². The quantitative estimate of drug-likeness (QED) is 0.798. The number of ether oxygens (including phenoxy) is 1. The lowest BCUT2D eigenvalue weighted by Gasteiger charge is -2.07. The molecule has 0 heterocycles. The second-order valence-corrected chi connectivity index (χ2v) is 5.14. The number of hydrogen-bond donors (Lipinski definition) is 2. The lowest BCUT2D eigenvalue weighted by atomic mass is 10.2. The van der Waals surface area contributed by atoms with Crippen LogP contribution in [0.2, 0.25) is 0 Å². The molecule has 1 aromatic rings. The smallest absolute Gasteiger partial charge is 0.309 e. The minimum Gasteiger partial charge on any atom is -0.455 e. The maximum atomic E-state index is 11.7. The molecule has 0 aliphatic heterocycles. The molecule has 21 heavy (non-hydrogen) atoms. The number of carbonyl (C=O) groups is 3. The Morgan fingerprint density at radius 3 is 2.67 bits per heavy atom. The van der Waals surface area contributed by atoms with Crippen molar-refractivity contribution >= 4 is 23.5 Å². The van der Waals surface area contributed by atoms with Crippen molar-refractivity contribution in [3.05, 3.63) is 29.8 Å². The SMILES string of the molecule is CNC(=O)c1cccc(NC(=O)COC(=O)[C@@H]2C[C@H]2C)c1. The van der Waals surface area contributed by atoms with Gasteiger partial charge in [0, 0.05) is 18.3 Å². The normalized spacial score (nSPS) is 19.5. The van der Waals surface area contributed by atoms with Gasteiger partial charge in [-0.2, -0.15) is 0 Å². The molecular weight excluding hydrogens is 272 g/mol. The third-order valence-corrected chi connectivity index (χ3v) is 3.39. The fourth-order valence-corrected chi connectivity index (χ4v) is 1.97. The number of carbonyl (C=O) groups excluding carboxylic acids is 3. The molecule has 2 amide bonds. The second kappa shape index (κ2) is 6.39. The van der Waals surface area contributed by atoms with Gasteiger partial charge in [-0.25, -0.2) is 0 Å². The van der Waals surface area contributed by atoms with Gasteiger partial charge in [0.05, 0.1) is 5.92 Å². The van der Waals surface area contributed by atoms with E-state index in [0.717, 1.165) is 6.42 Å². The summed E-state index contributed by atoms with van der Waals surface area (Å²) < 4.78 is 4.94. The standard InChI is InChI=1S/C15H18N2O4/c1-9-6-12(9)15(20)21-8-13(18)17-11-5-3-4-10(7-11)14(19)16-2/h3-5,7,9,12H,6,8H2,1-2H3,(H,16,19)(H,17,18)/t9-,12-/m1/s1. The van der Waals surface area contributed by atoms with Crippen LogP contribution in [0.25, 0.3) is 0 Å². The Morgan fingerprint density at radius 2 is 2.05 bits per heavy atom. The molecular formula is C15H18N2O4. The highest BCUT2D eigenvalue weighted by molar-refractivity contribution is 5.97. The monoisotopic (exact) mass is 290 g/mol. The van der Waals surface area contributed by atoms with Gasteiger partial charge >= 0.3 is 5.97 Å². The van der Waals surface area contributed by atoms with E-state index in [-0.39, 0.29) is 24.4 Å². The summed E-state index contributed by atoms with van der Waals surface area (Å²) in [5.41, 5.74) is 0.927. The predicted octanol–water partition coefficient (Wildman–Crippen LogP) is 1.18. The fraction of sp³-hybridized carbons (Fsp3) is 0.400. The van der Waals surface area contributed by atoms with Crippen molar-refractivity contribution in [2.45, 2.75) is 13.3 Å². The summed E-state index contributed by atoms with van der Waals surface area (Å²) in [6.45, 7) is 1.66. The van der Waals surface area contributed by atoms with Crippen molar-refractivity contribution < 1.29 is 19.1 Å². The number of nitrogens with one attached hydrogen (secondary N) is 2. The van der Waals surface area contributed by atoms with E-state index in [0.29, 0.717) is 17.2 Å². The van der Waals surface area contributed by atoms with E-state index in [2.05, 4.69) is 10.6 Å². The predicted molar refractivity (Wildman–Crippen MR) is 76.7 cm³/mol. The third kappa shape index (κ3) is 4.05. The summed E-state index contributed by atoms with van der Waals surface area (Å²) in [6, 6.07) is 6.53. The van der Waals surface area contributed by atoms with Gasteiger partial charge in [-0.1, -0.05) is 13.0 Å². The van der Waals surface area contributed by atoms with E-state index in [1.165, 1.54) is 7.05 Å². The van der Waals surface area contributed by atoms with Crippen LogP contribution in [-0.2, 0) is 14.3 Å². The molecule has 1 aromatic carbocycles. The Kier molecular flexibility index (Phi) is 4.57. The Labute approximate surface area is 122 Å². The van der Waals surface area contributed by atoms with E-state index in [4.69, 9.17) is 4.74 Å². The largest absolute Gasteiger partial charge is 0.455 e. The molecule has 1 saturated carbocycles. The Hall–Kier alpha value is -2.37. The average Bonchev–Trinajstić information content (AvgIpc) is 3.21. The van der Waals surface area contributed by atoms with Crippen LogP contribution in [0.1, 0.15) is 23.7 Å². The van der Waals surface area contributed by atoms with Gasteiger partial charge in [0.1, 0.15) is 0 Å². The highest BCUT2D eigenvalue weighted by Gasteiger charge is 2.40. The number of esters is 1. The van der Waals surface area contributed by atoms with Crippen molar-refractivity contribution in [1.82, 2.24) is 5.32 Å². The van der Waals surface area contributed by atoms with Crippen LogP contribution in [0.4, 0.5) is 5.69 Å². The minimum atomic E-state index is -0.425. The second-order valence-electron chi connectivity index (χ2n) is 5.14. The van der Waals surface area contributed by atoms with Gasteiger partial charge in [0.15, 0.2) is 6.61 Å². The molecule has 0 radical (unpaired) electrons. The summed E-state index contributed by atoms with van der Waals surface area (Å²) >= 11 is 0. The lowest BCUT2D eigenvalue weighted by molar-refractivity contribution is -0.148. The van der Waals surface area contributed by atoms with Crippen molar-refractivity contribution in [2.75, 3.05) is 19.0 Å². The van der Waals surface area contributed by atoms with Crippen molar-refractivity contribution in [3.63, 3.8) is 0 Å². The number of anilines is 1. The Bertz CT molecular complexity index is 571. The van der Waals surface area contributed by atoms with E-state index in [1.54, 1.807) is 24.3 Å². The topological polar surface area (TPSA) is 84.5 Å². The molecule has 1 aliphatic carbocycles. The van der Waals surface area contributed by atoms with Gasteiger partial charge < -0.3 is 15.4 Å². The number of rotatable bonds is 5. The fourth-order valence-electron chi connectivity index (χ4n) is 1.97. The highest BCUT2D eigenvalue weighted by Crippen LogP contribution is 2.38. The number of hydrogen-bond acceptors (Lipinski definition) is 4. The molecule has 112 valence electrons. The summed E-state index contributed by atoms with van der Waals surface area (Å²) in [7, 11) is 1.53. The lowest BCUT2D eigenvalue weighted by Crippen LogP contribution is -2.22. The third-order valence-electron chi connectivity index (χ3n) is 3.39. The first-order chi connectivity index (χ1) is 10.0. The van der Waals surface area contributed by atoms with E-state index in [1.807, 2.05) is 6.92 Å². The molecule has 1 fully saturated rings. The van der Waals surface area contributed by atoms with Crippen LogP contribution >= 0.6 is 0 Å². The minimum absolute atomic E-state index is 0.0608. The molecule has 0 spiro atoms. The van der Waals surface area contributed by atoms with Gasteiger partial charge in [-0.15, -0.1) is 0 Å². The molecule has 2 rings (SSSR count). The molecule has 2 N–H and O–H groups in total. The Balaban J connectivity index is 1.84. The molecule has 0 saturated heterocycles. The first-order valence-electron chi connectivity index (χ1n) is 6.80. The van der Waals surface area contributed by atoms with Crippen LogP contribution in [0.5, 0.6) is 0 Å². The zero-order chi connectivity index (χ0) is 15.4. The molecule has 0 bridgehead atoms. The summed E-state index contributed by atoms with van der Waals surface area (Å²) in [4.78, 5) is 34.7. The van der Waals surface area contributed by atoms with Crippen LogP contribution in [-0.4, -0.2) is 31.4 Å². The van der Waals surface area contributed by atoms with Gasteiger partial charge in [-0.05, 0) is 30.5 Å². The molecule has 0 unspecified atom stereocenters. The maximum absolute atomic E-state index is 11.7. The first-order valence-corrected chi connectivity index (χ1v) is 6.80. The van der Waals surface area contributed by atoms with E-state index >= 15 is 0 Å². The molecule has 2 atom stereocenters.